The third-order valence-electron chi connectivity index (χ3n) is 3.78. The molecule has 0 N–H and O–H groups in total. The summed E-state index contributed by atoms with van der Waals surface area (Å²) in [5.41, 5.74) is 4.40. The maximum absolute atomic E-state index is 3.34. The smallest absolute Gasteiger partial charge is 0.00431 e. The largest absolute Gasteiger partial charge is 0.102 e. The van der Waals surface area contributed by atoms with Crippen molar-refractivity contribution in [2.75, 3.05) is 0 Å². The zero-order chi connectivity index (χ0) is 12.8. The van der Waals surface area contributed by atoms with E-state index >= 15 is 0 Å². The Kier molecular flexibility index (Phi) is 5.56. The van der Waals surface area contributed by atoms with Crippen LogP contribution < -0.4 is 0 Å². The van der Waals surface area contributed by atoms with Crippen molar-refractivity contribution < 1.29 is 0 Å². The lowest BCUT2D eigenvalue weighted by Gasteiger charge is -2.19. The van der Waals surface area contributed by atoms with Crippen LogP contribution >= 0.6 is 0 Å². The number of hydrogen-bond donors (Lipinski definition) is 0. The highest BCUT2D eigenvalue weighted by atomic mass is 14.3. The normalized spacial score (nSPS) is 20.9. The predicted octanol–water partition coefficient (Wildman–Crippen LogP) is 5.12. The van der Waals surface area contributed by atoms with E-state index in [-0.39, 0.29) is 0 Å². The monoisotopic (exact) mass is 230 g/mol. The van der Waals surface area contributed by atoms with Crippen molar-refractivity contribution in [2.45, 2.75) is 60.3 Å². The lowest BCUT2D eigenvalue weighted by Crippen LogP contribution is -2.10. The van der Waals surface area contributed by atoms with Crippen LogP contribution in [-0.4, -0.2) is 0 Å². The van der Waals surface area contributed by atoms with Crippen LogP contribution in [0.2, 0.25) is 0 Å². The lowest BCUT2D eigenvalue weighted by molar-refractivity contribution is 0.390. The SMILES string of the molecule is CC#CC1=C(C)CCC1C(C)CCC=C(C)C. The first-order valence-electron chi connectivity index (χ1n) is 6.82. The predicted molar refractivity (Wildman–Crippen MR) is 76.7 cm³/mol. The van der Waals surface area contributed by atoms with Gasteiger partial charge >= 0.3 is 0 Å². The molecule has 2 unspecified atom stereocenters. The molecule has 1 rings (SSSR count). The van der Waals surface area contributed by atoms with Gasteiger partial charge in [0.1, 0.15) is 0 Å². The van der Waals surface area contributed by atoms with Crippen molar-refractivity contribution >= 4 is 0 Å². The molecule has 0 nitrogen and oxygen atoms in total. The standard InChI is InChI=1S/C17H26/c1-6-8-16-15(5)11-12-17(16)14(4)10-7-9-13(2)3/h9,14,17H,7,10-12H2,1-5H3. The summed E-state index contributed by atoms with van der Waals surface area (Å²) in [5, 5.41) is 0. The molecule has 0 heterocycles. The Balaban J connectivity index is 2.60. The summed E-state index contributed by atoms with van der Waals surface area (Å²) in [5.74, 6) is 7.90. The summed E-state index contributed by atoms with van der Waals surface area (Å²) < 4.78 is 0. The van der Waals surface area contributed by atoms with E-state index in [1.807, 2.05) is 6.92 Å². The molecular formula is C17H26. The van der Waals surface area contributed by atoms with Gasteiger partial charge < -0.3 is 0 Å². The van der Waals surface area contributed by atoms with Crippen LogP contribution in [-0.2, 0) is 0 Å². The first-order chi connectivity index (χ1) is 8.06. The van der Waals surface area contributed by atoms with Gasteiger partial charge in [0.2, 0.25) is 0 Å². The summed E-state index contributed by atoms with van der Waals surface area (Å²) in [6.45, 7) is 10.9. The van der Waals surface area contributed by atoms with Gasteiger partial charge in [-0.15, -0.1) is 5.92 Å². The minimum Gasteiger partial charge on any atom is -0.102 e. The second-order valence-electron chi connectivity index (χ2n) is 5.55. The molecule has 0 aromatic rings. The molecule has 17 heavy (non-hydrogen) atoms. The van der Waals surface area contributed by atoms with Crippen molar-refractivity contribution in [1.82, 2.24) is 0 Å². The molecule has 0 amide bonds. The molecule has 0 saturated carbocycles. The topological polar surface area (TPSA) is 0 Å². The Morgan fingerprint density at radius 2 is 2.18 bits per heavy atom. The number of rotatable bonds is 4. The Labute approximate surface area is 107 Å². The van der Waals surface area contributed by atoms with Crippen molar-refractivity contribution in [3.8, 4) is 11.8 Å². The van der Waals surface area contributed by atoms with E-state index in [1.165, 1.54) is 42.4 Å². The maximum Gasteiger partial charge on any atom is 0.00431 e. The fourth-order valence-electron chi connectivity index (χ4n) is 2.71. The molecule has 0 bridgehead atoms. The molecule has 0 spiro atoms. The highest BCUT2D eigenvalue weighted by Gasteiger charge is 2.26. The van der Waals surface area contributed by atoms with E-state index in [2.05, 4.69) is 45.6 Å². The van der Waals surface area contributed by atoms with Crippen LogP contribution in [0.5, 0.6) is 0 Å². The summed E-state index contributed by atoms with van der Waals surface area (Å²) in [4.78, 5) is 0. The van der Waals surface area contributed by atoms with Gasteiger partial charge in [-0.25, -0.2) is 0 Å². The van der Waals surface area contributed by atoms with Crippen LogP contribution in [0.25, 0.3) is 0 Å². The zero-order valence-electron chi connectivity index (χ0n) is 12.1. The zero-order valence-corrected chi connectivity index (χ0v) is 12.1. The minimum absolute atomic E-state index is 0.716. The average Bonchev–Trinajstić information content (AvgIpc) is 2.61. The van der Waals surface area contributed by atoms with Gasteiger partial charge in [0.25, 0.3) is 0 Å². The Morgan fingerprint density at radius 1 is 1.47 bits per heavy atom. The van der Waals surface area contributed by atoms with Crippen molar-refractivity contribution in [3.63, 3.8) is 0 Å². The second kappa shape index (κ2) is 6.70. The third kappa shape index (κ3) is 4.08. The number of hydrogen-bond acceptors (Lipinski definition) is 0. The summed E-state index contributed by atoms with van der Waals surface area (Å²) >= 11 is 0. The Hall–Kier alpha value is -0.960. The van der Waals surface area contributed by atoms with E-state index in [1.54, 1.807) is 0 Å². The van der Waals surface area contributed by atoms with Crippen LogP contribution in [0.3, 0.4) is 0 Å². The highest BCUT2D eigenvalue weighted by Crippen LogP contribution is 2.38. The van der Waals surface area contributed by atoms with Crippen molar-refractivity contribution in [3.05, 3.63) is 22.8 Å². The summed E-state index contributed by atoms with van der Waals surface area (Å²) in [6, 6.07) is 0. The first-order valence-corrected chi connectivity index (χ1v) is 6.82. The molecule has 0 radical (unpaired) electrons. The molecule has 0 aromatic carbocycles. The van der Waals surface area contributed by atoms with Gasteiger partial charge in [-0.3, -0.25) is 0 Å². The summed E-state index contributed by atoms with van der Waals surface area (Å²) in [6.07, 6.45) is 7.42. The Bertz CT molecular complexity index is 367. The molecule has 94 valence electrons. The molecule has 0 fully saturated rings. The molecule has 0 aliphatic heterocycles. The Morgan fingerprint density at radius 3 is 2.76 bits per heavy atom. The van der Waals surface area contributed by atoms with E-state index in [0.717, 1.165) is 5.92 Å². The molecular weight excluding hydrogens is 204 g/mol. The van der Waals surface area contributed by atoms with Crippen molar-refractivity contribution in [1.29, 1.82) is 0 Å². The van der Waals surface area contributed by atoms with Gasteiger partial charge in [-0.1, -0.05) is 30.1 Å². The van der Waals surface area contributed by atoms with Crippen LogP contribution in [0, 0.1) is 23.7 Å². The van der Waals surface area contributed by atoms with Gasteiger partial charge in [0, 0.05) is 5.57 Å². The fraction of sp³-hybridized carbons (Fsp3) is 0.647. The molecule has 0 heteroatoms. The average molecular weight is 230 g/mol. The molecule has 0 aromatic heterocycles. The van der Waals surface area contributed by atoms with E-state index in [9.17, 15) is 0 Å². The lowest BCUT2D eigenvalue weighted by atomic mass is 9.85. The molecule has 1 aliphatic rings. The van der Waals surface area contributed by atoms with Gasteiger partial charge in [0.15, 0.2) is 0 Å². The molecule has 2 atom stereocenters. The van der Waals surface area contributed by atoms with Gasteiger partial charge in [0.05, 0.1) is 0 Å². The van der Waals surface area contributed by atoms with Crippen LogP contribution in [0.15, 0.2) is 22.8 Å². The maximum atomic E-state index is 3.34. The van der Waals surface area contributed by atoms with Crippen LogP contribution in [0.4, 0.5) is 0 Å². The van der Waals surface area contributed by atoms with E-state index in [4.69, 9.17) is 0 Å². The minimum atomic E-state index is 0.716. The van der Waals surface area contributed by atoms with Crippen LogP contribution in [0.1, 0.15) is 60.3 Å². The van der Waals surface area contributed by atoms with E-state index < -0.39 is 0 Å². The highest BCUT2D eigenvalue weighted by molar-refractivity contribution is 5.38. The second-order valence-corrected chi connectivity index (χ2v) is 5.55. The summed E-state index contributed by atoms with van der Waals surface area (Å²) in [7, 11) is 0. The number of allylic oxidation sites excluding steroid dienone is 4. The fourth-order valence-corrected chi connectivity index (χ4v) is 2.71. The molecule has 0 saturated heterocycles. The molecule has 1 aliphatic carbocycles. The van der Waals surface area contributed by atoms with Crippen molar-refractivity contribution in [2.24, 2.45) is 11.8 Å². The van der Waals surface area contributed by atoms with Gasteiger partial charge in [-0.05, 0) is 65.2 Å². The quantitative estimate of drug-likeness (QED) is 0.464. The van der Waals surface area contributed by atoms with E-state index in [0.29, 0.717) is 5.92 Å². The third-order valence-corrected chi connectivity index (χ3v) is 3.78. The van der Waals surface area contributed by atoms with Gasteiger partial charge in [-0.2, -0.15) is 0 Å². The first kappa shape index (κ1) is 14.1.